The van der Waals surface area contributed by atoms with Crippen LogP contribution in [-0.4, -0.2) is 56.5 Å². The lowest BCUT2D eigenvalue weighted by Gasteiger charge is -2.30. The van der Waals surface area contributed by atoms with Crippen molar-refractivity contribution in [2.75, 3.05) is 32.7 Å². The van der Waals surface area contributed by atoms with Gasteiger partial charge in [-0.25, -0.2) is 8.42 Å². The second kappa shape index (κ2) is 8.70. The van der Waals surface area contributed by atoms with Crippen molar-refractivity contribution in [2.24, 2.45) is 11.8 Å². The molecule has 9 heteroatoms. The predicted molar refractivity (Wildman–Crippen MR) is 101 cm³/mol. The molecule has 2 fully saturated rings. The van der Waals surface area contributed by atoms with E-state index in [4.69, 9.17) is 4.52 Å². The van der Waals surface area contributed by atoms with Crippen molar-refractivity contribution in [3.63, 3.8) is 0 Å². The SMILES string of the molecule is Cc1noc(C)c1S(=O)(=O)N1CCC(C(=O)NCCC2CCCNC2)CC1. The quantitative estimate of drug-likeness (QED) is 0.746. The standard InChI is InChI=1S/C18H30N4O4S/c1-13-17(14(2)26-21-13)27(24,25)22-10-6-16(7-11-22)18(23)20-9-5-15-4-3-8-19-12-15/h15-16,19H,3-12H2,1-2H3,(H,20,23). The van der Waals surface area contributed by atoms with Crippen molar-refractivity contribution in [1.82, 2.24) is 20.1 Å². The maximum absolute atomic E-state index is 12.8. The summed E-state index contributed by atoms with van der Waals surface area (Å²) in [4.78, 5) is 12.6. The van der Waals surface area contributed by atoms with Crippen LogP contribution in [0, 0.1) is 25.7 Å². The largest absolute Gasteiger partial charge is 0.360 e. The van der Waals surface area contributed by atoms with E-state index in [0.29, 0.717) is 49.8 Å². The van der Waals surface area contributed by atoms with E-state index in [2.05, 4.69) is 15.8 Å². The fraction of sp³-hybridized carbons (Fsp3) is 0.778. The third-order valence-corrected chi connectivity index (χ3v) is 7.78. The van der Waals surface area contributed by atoms with E-state index in [-0.39, 0.29) is 16.7 Å². The molecule has 0 saturated carbocycles. The van der Waals surface area contributed by atoms with E-state index < -0.39 is 10.0 Å². The van der Waals surface area contributed by atoms with E-state index in [0.717, 1.165) is 19.5 Å². The van der Waals surface area contributed by atoms with E-state index in [1.165, 1.54) is 17.1 Å². The van der Waals surface area contributed by atoms with Crippen LogP contribution in [0.3, 0.4) is 0 Å². The molecule has 1 amide bonds. The van der Waals surface area contributed by atoms with Gasteiger partial charge >= 0.3 is 0 Å². The molecule has 3 heterocycles. The molecule has 2 aliphatic heterocycles. The minimum atomic E-state index is -3.62. The van der Waals surface area contributed by atoms with Crippen LogP contribution in [0.15, 0.2) is 9.42 Å². The summed E-state index contributed by atoms with van der Waals surface area (Å²) in [5.41, 5.74) is 0.379. The summed E-state index contributed by atoms with van der Waals surface area (Å²) in [6, 6.07) is 0. The number of aromatic nitrogens is 1. The lowest BCUT2D eigenvalue weighted by molar-refractivity contribution is -0.126. The Balaban J connectivity index is 1.47. The Morgan fingerprint density at radius 2 is 2.04 bits per heavy atom. The molecule has 27 heavy (non-hydrogen) atoms. The zero-order valence-electron chi connectivity index (χ0n) is 16.2. The number of piperidine rings is 2. The number of amides is 1. The molecule has 1 atom stereocenters. The number of carbonyl (C=O) groups is 1. The second-order valence-electron chi connectivity index (χ2n) is 7.62. The number of rotatable bonds is 6. The number of nitrogens with one attached hydrogen (secondary N) is 2. The van der Waals surface area contributed by atoms with Crippen molar-refractivity contribution >= 4 is 15.9 Å². The van der Waals surface area contributed by atoms with Gasteiger partial charge in [0.2, 0.25) is 15.9 Å². The van der Waals surface area contributed by atoms with Gasteiger partial charge in [-0.15, -0.1) is 0 Å². The zero-order chi connectivity index (χ0) is 19.4. The number of aryl methyl sites for hydroxylation is 2. The topological polar surface area (TPSA) is 105 Å². The first-order valence-electron chi connectivity index (χ1n) is 9.81. The number of sulfonamides is 1. The molecule has 0 bridgehead atoms. The monoisotopic (exact) mass is 398 g/mol. The molecule has 0 spiro atoms. The number of hydrogen-bond acceptors (Lipinski definition) is 6. The Hall–Kier alpha value is -1.45. The van der Waals surface area contributed by atoms with Gasteiger partial charge < -0.3 is 15.2 Å². The lowest BCUT2D eigenvalue weighted by Crippen LogP contribution is -2.43. The van der Waals surface area contributed by atoms with Crippen molar-refractivity contribution in [3.05, 3.63) is 11.5 Å². The molecule has 2 saturated heterocycles. The third kappa shape index (κ3) is 4.70. The molecule has 2 N–H and O–H groups in total. The van der Waals surface area contributed by atoms with E-state index in [1.54, 1.807) is 13.8 Å². The van der Waals surface area contributed by atoms with Crippen molar-refractivity contribution in [1.29, 1.82) is 0 Å². The van der Waals surface area contributed by atoms with Crippen LogP contribution in [-0.2, 0) is 14.8 Å². The summed E-state index contributed by atoms with van der Waals surface area (Å²) < 4.78 is 32.1. The van der Waals surface area contributed by atoms with Gasteiger partial charge in [0.1, 0.15) is 10.6 Å². The van der Waals surface area contributed by atoms with Crippen LogP contribution in [0.25, 0.3) is 0 Å². The number of hydrogen-bond donors (Lipinski definition) is 2. The maximum atomic E-state index is 12.8. The first-order chi connectivity index (χ1) is 12.9. The Kier molecular flexibility index (Phi) is 6.54. The Morgan fingerprint density at radius 1 is 1.30 bits per heavy atom. The molecule has 3 rings (SSSR count). The maximum Gasteiger partial charge on any atom is 0.248 e. The van der Waals surface area contributed by atoms with Gasteiger partial charge in [-0.05, 0) is 65.0 Å². The third-order valence-electron chi connectivity index (χ3n) is 5.64. The van der Waals surface area contributed by atoms with Crippen LogP contribution < -0.4 is 10.6 Å². The van der Waals surface area contributed by atoms with Crippen molar-refractivity contribution < 1.29 is 17.7 Å². The van der Waals surface area contributed by atoms with Gasteiger partial charge in [0, 0.05) is 25.6 Å². The molecule has 8 nitrogen and oxygen atoms in total. The lowest BCUT2D eigenvalue weighted by atomic mass is 9.95. The fourth-order valence-corrected chi connectivity index (χ4v) is 5.81. The molecular formula is C18H30N4O4S. The average molecular weight is 399 g/mol. The molecule has 1 aromatic heterocycles. The summed E-state index contributed by atoms with van der Waals surface area (Å²) >= 11 is 0. The summed E-state index contributed by atoms with van der Waals surface area (Å²) in [7, 11) is -3.62. The molecule has 0 aliphatic carbocycles. The average Bonchev–Trinajstić information content (AvgIpc) is 3.01. The Morgan fingerprint density at radius 3 is 2.63 bits per heavy atom. The highest BCUT2D eigenvalue weighted by atomic mass is 32.2. The van der Waals surface area contributed by atoms with Gasteiger partial charge in [0.05, 0.1) is 0 Å². The van der Waals surface area contributed by atoms with Crippen LogP contribution in [0.4, 0.5) is 0 Å². The van der Waals surface area contributed by atoms with Crippen LogP contribution in [0.5, 0.6) is 0 Å². The molecule has 0 radical (unpaired) electrons. The molecular weight excluding hydrogens is 368 g/mol. The summed E-state index contributed by atoms with van der Waals surface area (Å²) in [5, 5.41) is 10.2. The van der Waals surface area contributed by atoms with Crippen LogP contribution in [0.2, 0.25) is 0 Å². The van der Waals surface area contributed by atoms with E-state index >= 15 is 0 Å². The minimum absolute atomic E-state index is 0.0492. The highest BCUT2D eigenvalue weighted by Crippen LogP contribution is 2.27. The molecule has 0 aromatic carbocycles. The van der Waals surface area contributed by atoms with Gasteiger partial charge in [0.15, 0.2) is 5.76 Å². The number of nitrogens with zero attached hydrogens (tertiary/aromatic N) is 2. The first-order valence-corrected chi connectivity index (χ1v) is 11.2. The minimum Gasteiger partial charge on any atom is -0.360 e. The number of carbonyl (C=O) groups excluding carboxylic acids is 1. The van der Waals surface area contributed by atoms with Crippen molar-refractivity contribution in [2.45, 2.75) is 50.8 Å². The second-order valence-corrected chi connectivity index (χ2v) is 9.50. The fourth-order valence-electron chi connectivity index (χ4n) is 4.04. The molecule has 1 unspecified atom stereocenters. The molecule has 1 aromatic rings. The predicted octanol–water partition coefficient (Wildman–Crippen LogP) is 1.20. The zero-order valence-corrected chi connectivity index (χ0v) is 17.0. The summed E-state index contributed by atoms with van der Waals surface area (Å²) in [6.45, 7) is 6.75. The van der Waals surface area contributed by atoms with Crippen molar-refractivity contribution in [3.8, 4) is 0 Å². The normalized spacial score (nSPS) is 22.7. The Labute approximate surface area is 161 Å². The smallest absolute Gasteiger partial charge is 0.248 e. The Bertz CT molecular complexity index is 728. The molecule has 2 aliphatic rings. The van der Waals surface area contributed by atoms with E-state index in [9.17, 15) is 13.2 Å². The van der Waals surface area contributed by atoms with Crippen LogP contribution in [0.1, 0.15) is 43.6 Å². The van der Waals surface area contributed by atoms with Crippen LogP contribution >= 0.6 is 0 Å². The van der Waals surface area contributed by atoms with E-state index in [1.807, 2.05) is 0 Å². The van der Waals surface area contributed by atoms with Gasteiger partial charge in [-0.3, -0.25) is 4.79 Å². The summed E-state index contributed by atoms with van der Waals surface area (Å²) in [6.07, 6.45) is 4.51. The van der Waals surface area contributed by atoms with Gasteiger partial charge in [-0.1, -0.05) is 5.16 Å². The summed E-state index contributed by atoms with van der Waals surface area (Å²) in [5.74, 6) is 0.879. The first kappa shape index (κ1) is 20.3. The highest BCUT2D eigenvalue weighted by Gasteiger charge is 2.35. The highest BCUT2D eigenvalue weighted by molar-refractivity contribution is 7.89. The van der Waals surface area contributed by atoms with Gasteiger partial charge in [-0.2, -0.15) is 4.31 Å². The van der Waals surface area contributed by atoms with Gasteiger partial charge in [0.25, 0.3) is 0 Å². The molecule has 152 valence electrons.